The highest BCUT2D eigenvalue weighted by atomic mass is 32.2. The van der Waals surface area contributed by atoms with Crippen molar-refractivity contribution in [1.29, 1.82) is 0 Å². The van der Waals surface area contributed by atoms with E-state index in [0.717, 1.165) is 0 Å². The van der Waals surface area contributed by atoms with Crippen molar-refractivity contribution in [1.82, 2.24) is 9.97 Å². The summed E-state index contributed by atoms with van der Waals surface area (Å²) in [7, 11) is -2.85. The van der Waals surface area contributed by atoms with E-state index in [1.54, 1.807) is 30.3 Å². The summed E-state index contributed by atoms with van der Waals surface area (Å²) in [5, 5.41) is 19.0. The summed E-state index contributed by atoms with van der Waals surface area (Å²) in [6.45, 7) is 3.99. The molecule has 9 heteroatoms. The van der Waals surface area contributed by atoms with Crippen LogP contribution in [0.4, 0.5) is 5.82 Å². The molecule has 1 aromatic heterocycles. The number of carboxylic acids is 1. The molecule has 0 bridgehead atoms. The first-order valence-electron chi connectivity index (χ1n) is 8.80. The van der Waals surface area contributed by atoms with Crippen molar-refractivity contribution in [2.24, 2.45) is 5.14 Å². The van der Waals surface area contributed by atoms with Gasteiger partial charge in [-0.2, -0.15) is 0 Å². The van der Waals surface area contributed by atoms with Gasteiger partial charge < -0.3 is 15.2 Å². The van der Waals surface area contributed by atoms with Gasteiger partial charge in [0.1, 0.15) is 30.1 Å². The number of nitrogens with one attached hydrogen (secondary N) is 1. The van der Waals surface area contributed by atoms with Crippen molar-refractivity contribution < 1.29 is 18.8 Å². The lowest BCUT2D eigenvalue weighted by molar-refractivity contribution is 0.0692. The molecule has 1 heterocycles. The first kappa shape index (κ1) is 20.6. The minimum Gasteiger partial charge on any atom is -0.488 e. The van der Waals surface area contributed by atoms with Crippen LogP contribution in [0.5, 0.6) is 5.75 Å². The number of nitrogens with two attached hydrogens (primary N) is 1. The molecule has 3 aromatic rings. The smallest absolute Gasteiger partial charge is 0.339 e. The van der Waals surface area contributed by atoms with E-state index in [9.17, 15) is 14.1 Å². The Balaban J connectivity index is 1.97. The molecule has 0 saturated heterocycles. The first-order valence-corrected chi connectivity index (χ1v) is 10.6. The van der Waals surface area contributed by atoms with E-state index in [1.807, 2.05) is 13.8 Å². The number of aromatic nitrogens is 2. The van der Waals surface area contributed by atoms with Crippen LogP contribution >= 0.6 is 0 Å². The van der Waals surface area contributed by atoms with Crippen LogP contribution in [0.3, 0.4) is 0 Å². The second-order valence-corrected chi connectivity index (χ2v) is 8.78. The fourth-order valence-corrected chi connectivity index (χ4v) is 3.43. The summed E-state index contributed by atoms with van der Waals surface area (Å²) in [5.74, 6) is 3.07. The van der Waals surface area contributed by atoms with Crippen molar-refractivity contribution in [2.75, 3.05) is 5.32 Å². The maximum atomic E-state index is 11.9. The Morgan fingerprint density at radius 1 is 1.31 bits per heavy atom. The third kappa shape index (κ3) is 4.82. The van der Waals surface area contributed by atoms with E-state index in [-0.39, 0.29) is 24.0 Å². The van der Waals surface area contributed by atoms with Gasteiger partial charge in [0.05, 0.1) is 15.2 Å². The van der Waals surface area contributed by atoms with Gasteiger partial charge >= 0.3 is 5.97 Å². The number of aromatic carboxylic acids is 1. The molecule has 0 spiro atoms. The molecule has 0 radical (unpaired) electrons. The zero-order chi connectivity index (χ0) is 21.2. The molecule has 0 aliphatic carbocycles. The number of carbonyl (C=O) groups is 1. The predicted molar refractivity (Wildman–Crippen MR) is 114 cm³/mol. The minimum atomic E-state index is -2.85. The lowest BCUT2D eigenvalue weighted by Gasteiger charge is -2.14. The monoisotopic (exact) mass is 414 g/mol. The van der Waals surface area contributed by atoms with E-state index in [0.29, 0.717) is 27.2 Å². The molecule has 0 saturated carbocycles. The molecule has 3 rings (SSSR count). The fraction of sp³-hybridized carbons (Fsp3) is 0.200. The van der Waals surface area contributed by atoms with Gasteiger partial charge in [-0.15, -0.1) is 0 Å². The summed E-state index contributed by atoms with van der Waals surface area (Å²) in [5.41, 5.74) is 1.24. The SMILES string of the molecule is C=S(N)(=O)c1cccc(COc2cc3ncnc(NC(C)C)c3cc2C(=O)O)c1. The van der Waals surface area contributed by atoms with Crippen LogP contribution in [0.1, 0.15) is 29.8 Å². The van der Waals surface area contributed by atoms with Crippen molar-refractivity contribution in [3.8, 4) is 5.75 Å². The normalized spacial score (nSPS) is 13.2. The van der Waals surface area contributed by atoms with Gasteiger partial charge in [0, 0.05) is 22.4 Å². The Kier molecular flexibility index (Phi) is 5.71. The van der Waals surface area contributed by atoms with Crippen molar-refractivity contribution in [3.63, 3.8) is 0 Å². The molecular formula is C20H22N4O4S. The average molecular weight is 414 g/mol. The topological polar surface area (TPSA) is 127 Å². The molecule has 0 amide bonds. The predicted octanol–water partition coefficient (Wildman–Crippen LogP) is 2.68. The third-order valence-corrected chi connectivity index (χ3v) is 5.14. The van der Waals surface area contributed by atoms with Crippen molar-refractivity contribution in [3.05, 3.63) is 53.9 Å². The van der Waals surface area contributed by atoms with Crippen LogP contribution in [0, 0.1) is 0 Å². The Hall–Kier alpha value is -3.17. The zero-order valence-corrected chi connectivity index (χ0v) is 16.9. The van der Waals surface area contributed by atoms with Gasteiger partial charge in [-0.1, -0.05) is 12.1 Å². The van der Waals surface area contributed by atoms with Gasteiger partial charge in [-0.05, 0) is 43.5 Å². The van der Waals surface area contributed by atoms with E-state index < -0.39 is 15.7 Å². The number of hydrogen-bond donors (Lipinski definition) is 3. The second-order valence-electron chi connectivity index (χ2n) is 6.85. The van der Waals surface area contributed by atoms with Gasteiger partial charge in [0.15, 0.2) is 0 Å². The molecule has 0 aliphatic heterocycles. The van der Waals surface area contributed by atoms with Crippen LogP contribution in [-0.4, -0.2) is 37.2 Å². The summed E-state index contributed by atoms with van der Waals surface area (Å²) >= 11 is 0. The third-order valence-electron chi connectivity index (χ3n) is 4.08. The van der Waals surface area contributed by atoms with E-state index in [4.69, 9.17) is 9.88 Å². The molecule has 0 aliphatic rings. The summed E-state index contributed by atoms with van der Waals surface area (Å²) in [6.07, 6.45) is 1.41. The maximum absolute atomic E-state index is 11.9. The molecule has 1 unspecified atom stereocenters. The van der Waals surface area contributed by atoms with Gasteiger partial charge in [0.2, 0.25) is 0 Å². The molecule has 29 heavy (non-hydrogen) atoms. The standard InChI is InChI=1S/C20H22N4O4S/c1-12(2)24-19-15-8-16(20(25)26)18(9-17(15)22-11-23-19)28-10-13-5-4-6-14(7-13)29(3,21)27/h4-9,11-12H,3,10H2,1-2H3,(H2,21,27)(H,25,26)(H,22,23,24). The summed E-state index contributed by atoms with van der Waals surface area (Å²) in [4.78, 5) is 20.6. The Morgan fingerprint density at radius 3 is 2.72 bits per heavy atom. The minimum absolute atomic E-state index is 0.00459. The molecule has 152 valence electrons. The number of ether oxygens (including phenoxy) is 1. The number of nitrogens with zero attached hydrogens (tertiary/aromatic N) is 2. The summed E-state index contributed by atoms with van der Waals surface area (Å²) in [6, 6.07) is 9.90. The molecule has 0 fully saturated rings. The second kappa shape index (κ2) is 8.06. The van der Waals surface area contributed by atoms with Gasteiger partial charge in [-0.25, -0.2) is 19.0 Å². The van der Waals surface area contributed by atoms with E-state index in [1.165, 1.54) is 12.4 Å². The molecule has 1 atom stereocenters. The van der Waals surface area contributed by atoms with Crippen molar-refractivity contribution >= 4 is 38.3 Å². The van der Waals surface area contributed by atoms with Crippen LogP contribution in [0.25, 0.3) is 10.9 Å². The average Bonchev–Trinajstić information content (AvgIpc) is 2.65. The van der Waals surface area contributed by atoms with Gasteiger partial charge in [0.25, 0.3) is 0 Å². The largest absolute Gasteiger partial charge is 0.488 e. The first-order chi connectivity index (χ1) is 13.6. The van der Waals surface area contributed by atoms with Crippen LogP contribution in [0.15, 0.2) is 47.6 Å². The zero-order valence-electron chi connectivity index (χ0n) is 16.1. The number of benzene rings is 2. The number of rotatable bonds is 7. The van der Waals surface area contributed by atoms with E-state index >= 15 is 0 Å². The number of carboxylic acid groups (broad SMARTS) is 1. The molecule has 4 N–H and O–H groups in total. The Labute approximate surface area is 168 Å². The number of hydrogen-bond acceptors (Lipinski definition) is 6. The fourth-order valence-electron chi connectivity index (χ4n) is 2.77. The number of fused-ring (bicyclic) bond motifs is 1. The van der Waals surface area contributed by atoms with Crippen LogP contribution < -0.4 is 15.2 Å². The Bertz CT molecular complexity index is 1180. The lowest BCUT2D eigenvalue weighted by Crippen LogP contribution is -2.12. The lowest BCUT2D eigenvalue weighted by atomic mass is 10.1. The van der Waals surface area contributed by atoms with Crippen molar-refractivity contribution in [2.45, 2.75) is 31.4 Å². The number of anilines is 1. The Morgan fingerprint density at radius 2 is 2.07 bits per heavy atom. The molecular weight excluding hydrogens is 392 g/mol. The summed E-state index contributed by atoms with van der Waals surface area (Å²) < 4.78 is 17.7. The van der Waals surface area contributed by atoms with Gasteiger partial charge in [-0.3, -0.25) is 5.14 Å². The van der Waals surface area contributed by atoms with Crippen LogP contribution in [0.2, 0.25) is 0 Å². The molecule has 2 aromatic carbocycles. The highest BCUT2D eigenvalue weighted by Gasteiger charge is 2.16. The van der Waals surface area contributed by atoms with Crippen LogP contribution in [-0.2, 0) is 16.3 Å². The highest BCUT2D eigenvalue weighted by Crippen LogP contribution is 2.29. The highest BCUT2D eigenvalue weighted by molar-refractivity contribution is 7.98. The molecule has 8 nitrogen and oxygen atoms in total. The van der Waals surface area contributed by atoms with E-state index in [2.05, 4.69) is 21.2 Å². The quantitative estimate of drug-likeness (QED) is 0.507. The maximum Gasteiger partial charge on any atom is 0.339 e.